The van der Waals surface area contributed by atoms with Crippen molar-refractivity contribution in [2.24, 2.45) is 11.8 Å². The maximum absolute atomic E-state index is 11.3. The van der Waals surface area contributed by atoms with Gasteiger partial charge < -0.3 is 10.0 Å². The molecule has 1 N–H and O–H groups in total. The summed E-state index contributed by atoms with van der Waals surface area (Å²) in [6, 6.07) is 0. The molecule has 1 amide bonds. The standard InChI is InChI=1S/C9H13NO3/c11-8-2-1-6-5-10(9(12)13)4-3-7(6)8/h6-7H,1-5H2,(H,12,13). The number of ketones is 1. The summed E-state index contributed by atoms with van der Waals surface area (Å²) in [7, 11) is 0. The van der Waals surface area contributed by atoms with Crippen LogP contribution >= 0.6 is 0 Å². The number of nitrogens with zero attached hydrogens (tertiary/aromatic N) is 1. The molecule has 1 aliphatic heterocycles. The van der Waals surface area contributed by atoms with E-state index in [9.17, 15) is 9.59 Å². The highest BCUT2D eigenvalue weighted by molar-refractivity contribution is 5.83. The molecule has 2 rings (SSSR count). The third kappa shape index (κ3) is 1.41. The average molecular weight is 183 g/mol. The van der Waals surface area contributed by atoms with Crippen molar-refractivity contribution in [1.82, 2.24) is 4.90 Å². The van der Waals surface area contributed by atoms with Gasteiger partial charge in [-0.1, -0.05) is 0 Å². The number of likely N-dealkylation sites (tertiary alicyclic amines) is 1. The third-order valence-corrected chi connectivity index (χ3v) is 3.18. The van der Waals surface area contributed by atoms with Crippen LogP contribution in [0.4, 0.5) is 4.79 Å². The fraction of sp³-hybridized carbons (Fsp3) is 0.778. The van der Waals surface area contributed by atoms with E-state index >= 15 is 0 Å². The summed E-state index contributed by atoms with van der Waals surface area (Å²) in [5, 5.41) is 8.77. The van der Waals surface area contributed by atoms with Crippen molar-refractivity contribution < 1.29 is 14.7 Å². The largest absolute Gasteiger partial charge is 0.465 e. The lowest BCUT2D eigenvalue weighted by atomic mass is 9.88. The van der Waals surface area contributed by atoms with Gasteiger partial charge in [0.05, 0.1) is 0 Å². The topological polar surface area (TPSA) is 57.6 Å². The van der Waals surface area contributed by atoms with E-state index in [1.807, 2.05) is 0 Å². The SMILES string of the molecule is O=C1CCC2CN(C(=O)O)CCC12. The molecule has 1 aliphatic carbocycles. The minimum Gasteiger partial charge on any atom is -0.465 e. The van der Waals surface area contributed by atoms with Gasteiger partial charge in [0.25, 0.3) is 0 Å². The molecule has 0 aromatic heterocycles. The Bertz CT molecular complexity index is 251. The lowest BCUT2D eigenvalue weighted by Crippen LogP contribution is -2.42. The van der Waals surface area contributed by atoms with Crippen molar-refractivity contribution >= 4 is 11.9 Å². The molecule has 2 fully saturated rings. The van der Waals surface area contributed by atoms with E-state index in [0.29, 0.717) is 31.2 Å². The normalized spacial score (nSPS) is 33.2. The number of fused-ring (bicyclic) bond motifs is 1. The summed E-state index contributed by atoms with van der Waals surface area (Å²) < 4.78 is 0. The van der Waals surface area contributed by atoms with Gasteiger partial charge in [0.2, 0.25) is 0 Å². The van der Waals surface area contributed by atoms with Crippen LogP contribution in [-0.4, -0.2) is 35.0 Å². The van der Waals surface area contributed by atoms with Gasteiger partial charge in [0, 0.05) is 25.4 Å². The molecule has 13 heavy (non-hydrogen) atoms. The molecule has 4 heteroatoms. The Morgan fingerprint density at radius 3 is 2.92 bits per heavy atom. The van der Waals surface area contributed by atoms with E-state index in [1.165, 1.54) is 4.90 Å². The van der Waals surface area contributed by atoms with Crippen LogP contribution in [0.2, 0.25) is 0 Å². The first kappa shape index (κ1) is 8.53. The molecule has 0 spiro atoms. The van der Waals surface area contributed by atoms with Crippen LogP contribution in [-0.2, 0) is 4.79 Å². The van der Waals surface area contributed by atoms with Gasteiger partial charge in [-0.15, -0.1) is 0 Å². The van der Waals surface area contributed by atoms with E-state index in [4.69, 9.17) is 5.11 Å². The second-order valence-corrected chi connectivity index (χ2v) is 3.89. The molecule has 2 unspecified atom stereocenters. The minimum atomic E-state index is -0.849. The highest BCUT2D eigenvalue weighted by Crippen LogP contribution is 2.35. The number of carboxylic acid groups (broad SMARTS) is 1. The van der Waals surface area contributed by atoms with Crippen LogP contribution in [0.3, 0.4) is 0 Å². The highest BCUT2D eigenvalue weighted by atomic mass is 16.4. The Balaban J connectivity index is 2.03. The number of Topliss-reactive ketones (excluding diaryl/α,β-unsaturated/α-hetero) is 1. The number of amides is 1. The highest BCUT2D eigenvalue weighted by Gasteiger charge is 2.39. The lowest BCUT2D eigenvalue weighted by Gasteiger charge is -2.32. The summed E-state index contributed by atoms with van der Waals surface area (Å²) in [6.45, 7) is 1.09. The second-order valence-electron chi connectivity index (χ2n) is 3.89. The maximum Gasteiger partial charge on any atom is 0.407 e. The summed E-state index contributed by atoms with van der Waals surface area (Å²) >= 11 is 0. The molecular weight excluding hydrogens is 170 g/mol. The van der Waals surface area contributed by atoms with Crippen molar-refractivity contribution in [3.63, 3.8) is 0 Å². The summed E-state index contributed by atoms with van der Waals surface area (Å²) in [5.41, 5.74) is 0. The molecular formula is C9H13NO3. The van der Waals surface area contributed by atoms with Crippen LogP contribution in [0, 0.1) is 11.8 Å². The summed E-state index contributed by atoms with van der Waals surface area (Å²) in [6.07, 6.45) is 1.42. The van der Waals surface area contributed by atoms with E-state index in [2.05, 4.69) is 0 Å². The Morgan fingerprint density at radius 1 is 1.46 bits per heavy atom. The lowest BCUT2D eigenvalue weighted by molar-refractivity contribution is -0.122. The van der Waals surface area contributed by atoms with Gasteiger partial charge >= 0.3 is 6.09 Å². The van der Waals surface area contributed by atoms with Crippen molar-refractivity contribution in [3.8, 4) is 0 Å². The molecule has 0 aromatic rings. The molecule has 2 atom stereocenters. The number of carbonyl (C=O) groups excluding carboxylic acids is 1. The van der Waals surface area contributed by atoms with E-state index in [-0.39, 0.29) is 5.92 Å². The number of rotatable bonds is 0. The smallest absolute Gasteiger partial charge is 0.407 e. The van der Waals surface area contributed by atoms with Crippen molar-refractivity contribution in [3.05, 3.63) is 0 Å². The van der Waals surface area contributed by atoms with Gasteiger partial charge in [-0.25, -0.2) is 4.79 Å². The molecule has 1 heterocycles. The van der Waals surface area contributed by atoms with Crippen LogP contribution in [0.15, 0.2) is 0 Å². The van der Waals surface area contributed by atoms with Gasteiger partial charge in [-0.2, -0.15) is 0 Å². The first-order chi connectivity index (χ1) is 6.18. The fourth-order valence-electron chi connectivity index (χ4n) is 2.44. The van der Waals surface area contributed by atoms with Crippen LogP contribution < -0.4 is 0 Å². The Labute approximate surface area is 76.5 Å². The van der Waals surface area contributed by atoms with Gasteiger partial charge in [-0.3, -0.25) is 4.79 Å². The Kier molecular flexibility index (Phi) is 1.98. The molecule has 0 bridgehead atoms. The quantitative estimate of drug-likeness (QED) is 0.608. The second kappa shape index (κ2) is 3.01. The predicted octanol–water partition coefficient (Wildman–Crippen LogP) is 0.965. The molecule has 4 nitrogen and oxygen atoms in total. The third-order valence-electron chi connectivity index (χ3n) is 3.18. The van der Waals surface area contributed by atoms with Crippen molar-refractivity contribution in [2.45, 2.75) is 19.3 Å². The molecule has 1 saturated heterocycles. The van der Waals surface area contributed by atoms with Gasteiger partial charge in [0.1, 0.15) is 5.78 Å². The monoisotopic (exact) mass is 183 g/mol. The van der Waals surface area contributed by atoms with Crippen LogP contribution in [0.25, 0.3) is 0 Å². The van der Waals surface area contributed by atoms with Gasteiger partial charge in [0.15, 0.2) is 0 Å². The number of hydrogen-bond acceptors (Lipinski definition) is 2. The minimum absolute atomic E-state index is 0.163. The molecule has 0 radical (unpaired) electrons. The Hall–Kier alpha value is -1.06. The predicted molar refractivity (Wildman–Crippen MR) is 45.4 cm³/mol. The fourth-order valence-corrected chi connectivity index (χ4v) is 2.44. The zero-order valence-corrected chi connectivity index (χ0v) is 7.40. The van der Waals surface area contributed by atoms with Crippen LogP contribution in [0.5, 0.6) is 0 Å². The molecule has 2 aliphatic rings. The first-order valence-corrected chi connectivity index (χ1v) is 4.69. The summed E-state index contributed by atoms with van der Waals surface area (Å²) in [4.78, 5) is 23.4. The zero-order valence-electron chi connectivity index (χ0n) is 7.40. The van der Waals surface area contributed by atoms with Crippen molar-refractivity contribution in [1.29, 1.82) is 0 Å². The Morgan fingerprint density at radius 2 is 2.23 bits per heavy atom. The van der Waals surface area contributed by atoms with Crippen molar-refractivity contribution in [2.75, 3.05) is 13.1 Å². The van der Waals surface area contributed by atoms with E-state index in [0.717, 1.165) is 12.8 Å². The van der Waals surface area contributed by atoms with E-state index in [1.54, 1.807) is 0 Å². The van der Waals surface area contributed by atoms with Gasteiger partial charge in [-0.05, 0) is 18.8 Å². The van der Waals surface area contributed by atoms with Crippen LogP contribution in [0.1, 0.15) is 19.3 Å². The average Bonchev–Trinajstić information content (AvgIpc) is 2.47. The zero-order chi connectivity index (χ0) is 9.42. The number of carbonyl (C=O) groups is 2. The molecule has 72 valence electrons. The molecule has 0 aromatic carbocycles. The van der Waals surface area contributed by atoms with E-state index < -0.39 is 6.09 Å². The maximum atomic E-state index is 11.3. The summed E-state index contributed by atoms with van der Waals surface area (Å²) in [5.74, 6) is 0.808. The molecule has 1 saturated carbocycles. The number of hydrogen-bond donors (Lipinski definition) is 1. The number of piperidine rings is 1. The first-order valence-electron chi connectivity index (χ1n) is 4.69.